The topological polar surface area (TPSA) is 157 Å². The van der Waals surface area contributed by atoms with Crippen LogP contribution in [-0.2, 0) is 6.42 Å². The summed E-state index contributed by atoms with van der Waals surface area (Å²) in [5.41, 5.74) is 8.35. The van der Waals surface area contributed by atoms with E-state index in [2.05, 4.69) is 13.5 Å². The molecule has 0 amide bonds. The van der Waals surface area contributed by atoms with Gasteiger partial charge in [0, 0.05) is 17.7 Å². The first-order valence-corrected chi connectivity index (χ1v) is 10.8. The van der Waals surface area contributed by atoms with Crippen LogP contribution in [0.2, 0.25) is 0 Å². The lowest BCUT2D eigenvalue weighted by atomic mass is 10.1. The van der Waals surface area contributed by atoms with Crippen molar-refractivity contribution in [3.05, 3.63) is 98.1 Å². The van der Waals surface area contributed by atoms with E-state index in [0.717, 1.165) is 12.2 Å². The molecule has 11 heteroatoms. The lowest BCUT2D eigenvalue weighted by molar-refractivity contribution is -0.385. The third-order valence-corrected chi connectivity index (χ3v) is 4.87. The van der Waals surface area contributed by atoms with Gasteiger partial charge in [-0.05, 0) is 47.9 Å². The van der Waals surface area contributed by atoms with Crippen molar-refractivity contribution >= 4 is 29.4 Å². The number of nitrogens with two attached hydrogens (primary N) is 1. The number of methoxy groups -OCH3 is 3. The Hall–Kier alpha value is -4.93. The molecule has 0 aliphatic heterocycles. The number of rotatable bonds is 8. The van der Waals surface area contributed by atoms with Crippen molar-refractivity contribution in [2.24, 2.45) is 0 Å². The van der Waals surface area contributed by atoms with Crippen molar-refractivity contribution in [2.75, 3.05) is 27.1 Å². The molecule has 3 rings (SSSR count). The monoisotopic (exact) mass is 511 g/mol. The second-order valence-electron chi connectivity index (χ2n) is 7.13. The van der Waals surface area contributed by atoms with Crippen LogP contribution in [0.25, 0.3) is 6.08 Å². The van der Waals surface area contributed by atoms with E-state index in [0.29, 0.717) is 17.5 Å². The van der Waals surface area contributed by atoms with Gasteiger partial charge in [-0.25, -0.2) is 0 Å². The fraction of sp³-hybridized carbons (Fsp3) is 0.192. The summed E-state index contributed by atoms with van der Waals surface area (Å²) in [7, 11) is 4.36. The average molecular weight is 512 g/mol. The predicted molar refractivity (Wildman–Crippen MR) is 142 cm³/mol. The van der Waals surface area contributed by atoms with E-state index in [4.69, 9.17) is 19.9 Å². The van der Waals surface area contributed by atoms with Crippen LogP contribution >= 0.6 is 0 Å². The van der Waals surface area contributed by atoms with Gasteiger partial charge in [0.05, 0.1) is 36.9 Å². The summed E-state index contributed by atoms with van der Waals surface area (Å²) < 4.78 is 14.6. The van der Waals surface area contributed by atoms with E-state index in [1.54, 1.807) is 25.3 Å². The van der Waals surface area contributed by atoms with Crippen LogP contribution in [0.15, 0.2) is 61.2 Å². The van der Waals surface area contributed by atoms with Gasteiger partial charge in [0.2, 0.25) is 0 Å². The van der Waals surface area contributed by atoms with Crippen LogP contribution in [0, 0.1) is 20.2 Å². The molecule has 196 valence electrons. The van der Waals surface area contributed by atoms with Crippen molar-refractivity contribution in [2.45, 2.75) is 13.3 Å². The zero-order valence-corrected chi connectivity index (χ0v) is 21.0. The highest BCUT2D eigenvalue weighted by Gasteiger charge is 2.15. The number of nitro groups is 2. The maximum Gasteiger partial charge on any atom is 0.311 e. The zero-order valence-electron chi connectivity index (χ0n) is 21.0. The molecule has 0 fully saturated rings. The molecule has 0 atom stereocenters. The number of nitrogen functional groups attached to an aromatic ring is 1. The number of hydrogen-bond acceptors (Lipinski definition) is 9. The van der Waals surface area contributed by atoms with E-state index in [1.165, 1.54) is 44.0 Å². The largest absolute Gasteiger partial charge is 0.495 e. The summed E-state index contributed by atoms with van der Waals surface area (Å²) in [5, 5.41) is 21.0. The maximum absolute atomic E-state index is 10.5. The molecule has 0 bridgehead atoms. The number of aldehydes is 1. The van der Waals surface area contributed by atoms with Crippen LogP contribution in [0.1, 0.15) is 28.4 Å². The predicted octanol–water partition coefficient (Wildman–Crippen LogP) is 5.50. The number of carbonyl (C=O) groups excluding carboxylic acids is 1. The van der Waals surface area contributed by atoms with Crippen molar-refractivity contribution in [1.29, 1.82) is 0 Å². The Morgan fingerprint density at radius 2 is 1.27 bits per heavy atom. The van der Waals surface area contributed by atoms with Crippen LogP contribution in [0.3, 0.4) is 0 Å². The SMILES string of the molecule is C=Cc1ccc(OC)c([N+](=O)[O-])c1.CCc1ccc(OC)c(N)c1.COc1ccc(C=O)cc1[N+](=O)[O-]. The van der Waals surface area contributed by atoms with Gasteiger partial charge >= 0.3 is 11.4 Å². The summed E-state index contributed by atoms with van der Waals surface area (Å²) in [6.07, 6.45) is 3.10. The van der Waals surface area contributed by atoms with Crippen molar-refractivity contribution < 1.29 is 28.9 Å². The minimum atomic E-state index is -0.591. The Balaban J connectivity index is 0.000000279. The second-order valence-corrected chi connectivity index (χ2v) is 7.13. The van der Waals surface area contributed by atoms with Gasteiger partial charge in [0.25, 0.3) is 0 Å². The van der Waals surface area contributed by atoms with Gasteiger partial charge < -0.3 is 19.9 Å². The standard InChI is InChI=1S/C9H9NO3.C9H13NO.C8H7NO4/c1-3-7-4-5-9(13-2)8(6-7)10(11)12;1-3-7-4-5-9(11-2)8(10)6-7;1-13-8-3-2-6(5-10)4-7(8)9(11)12/h3-6H,1H2,2H3;4-6H,3,10H2,1-2H3;2-5H,1H3. The van der Waals surface area contributed by atoms with Gasteiger partial charge in [-0.1, -0.05) is 31.7 Å². The van der Waals surface area contributed by atoms with Gasteiger partial charge in [-0.15, -0.1) is 0 Å². The van der Waals surface area contributed by atoms with E-state index in [1.807, 2.05) is 18.2 Å². The third-order valence-electron chi connectivity index (χ3n) is 4.87. The smallest absolute Gasteiger partial charge is 0.311 e. The number of aryl methyl sites for hydroxylation is 1. The molecule has 0 saturated heterocycles. The molecule has 0 aromatic heterocycles. The van der Waals surface area contributed by atoms with E-state index in [-0.39, 0.29) is 28.4 Å². The molecule has 3 aromatic carbocycles. The average Bonchev–Trinajstić information content (AvgIpc) is 2.92. The highest BCUT2D eigenvalue weighted by Crippen LogP contribution is 2.28. The van der Waals surface area contributed by atoms with Crippen LogP contribution in [0.4, 0.5) is 17.1 Å². The zero-order chi connectivity index (χ0) is 28.0. The molecular weight excluding hydrogens is 482 g/mol. The number of nitrogens with zero attached hydrogens (tertiary/aromatic N) is 2. The molecule has 2 N–H and O–H groups in total. The summed E-state index contributed by atoms with van der Waals surface area (Å²) in [6, 6.07) is 14.6. The van der Waals surface area contributed by atoms with E-state index < -0.39 is 9.85 Å². The molecule has 0 spiro atoms. The molecule has 0 unspecified atom stereocenters. The molecule has 0 aliphatic carbocycles. The molecule has 37 heavy (non-hydrogen) atoms. The lowest BCUT2D eigenvalue weighted by Gasteiger charge is -2.04. The lowest BCUT2D eigenvalue weighted by Crippen LogP contribution is -1.94. The molecule has 0 heterocycles. The van der Waals surface area contributed by atoms with Gasteiger partial charge in [0.1, 0.15) is 12.0 Å². The maximum atomic E-state index is 10.5. The first kappa shape index (κ1) is 30.1. The molecule has 3 aromatic rings. The number of hydrogen-bond donors (Lipinski definition) is 1. The highest BCUT2D eigenvalue weighted by molar-refractivity contribution is 5.77. The fourth-order valence-corrected chi connectivity index (χ4v) is 2.90. The third kappa shape index (κ3) is 8.98. The van der Waals surface area contributed by atoms with Crippen molar-refractivity contribution in [3.8, 4) is 17.2 Å². The Morgan fingerprint density at radius 1 is 0.811 bits per heavy atom. The number of ether oxygens (including phenoxy) is 3. The molecule has 0 saturated carbocycles. The molecular formula is C26H29N3O8. The van der Waals surface area contributed by atoms with Gasteiger partial charge in [-0.3, -0.25) is 25.0 Å². The number of nitro benzene ring substituents is 2. The number of benzene rings is 3. The molecule has 0 aliphatic rings. The number of anilines is 1. The van der Waals surface area contributed by atoms with E-state index >= 15 is 0 Å². The second kappa shape index (κ2) is 15.1. The van der Waals surface area contributed by atoms with Crippen LogP contribution in [0.5, 0.6) is 17.2 Å². The normalized spacial score (nSPS) is 9.41. The highest BCUT2D eigenvalue weighted by atomic mass is 16.6. The van der Waals surface area contributed by atoms with Crippen LogP contribution < -0.4 is 19.9 Å². The Morgan fingerprint density at radius 3 is 1.65 bits per heavy atom. The first-order chi connectivity index (χ1) is 17.6. The molecule has 11 nitrogen and oxygen atoms in total. The minimum Gasteiger partial charge on any atom is -0.495 e. The molecule has 0 radical (unpaired) electrons. The Labute approximate surface area is 214 Å². The van der Waals surface area contributed by atoms with Gasteiger partial charge in [0.15, 0.2) is 11.5 Å². The van der Waals surface area contributed by atoms with Crippen molar-refractivity contribution in [1.82, 2.24) is 0 Å². The van der Waals surface area contributed by atoms with Crippen molar-refractivity contribution in [3.63, 3.8) is 0 Å². The minimum absolute atomic E-state index is 0.0418. The van der Waals surface area contributed by atoms with Crippen LogP contribution in [-0.4, -0.2) is 37.5 Å². The summed E-state index contributed by atoms with van der Waals surface area (Å²) in [4.78, 5) is 30.2. The quantitative estimate of drug-likeness (QED) is 0.178. The Kier molecular flexibility index (Phi) is 12.3. The fourth-order valence-electron chi connectivity index (χ4n) is 2.90. The summed E-state index contributed by atoms with van der Waals surface area (Å²) >= 11 is 0. The first-order valence-electron chi connectivity index (χ1n) is 10.8. The van der Waals surface area contributed by atoms with E-state index in [9.17, 15) is 25.0 Å². The van der Waals surface area contributed by atoms with Gasteiger partial charge in [-0.2, -0.15) is 0 Å². The summed E-state index contributed by atoms with van der Waals surface area (Å²) in [5.74, 6) is 1.16. The summed E-state index contributed by atoms with van der Waals surface area (Å²) in [6.45, 7) is 5.62. The Bertz CT molecular complexity index is 1170. The number of carbonyl (C=O) groups is 1.